The lowest BCUT2D eigenvalue weighted by Gasteiger charge is -2.04. The van der Waals surface area contributed by atoms with Crippen molar-refractivity contribution in [2.45, 2.75) is 12.8 Å². The Kier molecular flexibility index (Phi) is 4.15. The molecule has 0 aliphatic rings. The Hall–Kier alpha value is -1.62. The smallest absolute Gasteiger partial charge is 0.224 e. The molecule has 2 rings (SSSR count). The Bertz CT molecular complexity index is 551. The first-order valence-electron chi connectivity index (χ1n) is 5.67. The van der Waals surface area contributed by atoms with Crippen molar-refractivity contribution in [2.75, 3.05) is 5.32 Å². The fourth-order valence-corrected chi connectivity index (χ4v) is 2.14. The predicted molar refractivity (Wildman–Crippen MR) is 74.3 cm³/mol. The van der Waals surface area contributed by atoms with E-state index < -0.39 is 0 Å². The van der Waals surface area contributed by atoms with E-state index in [1.807, 2.05) is 31.3 Å². The van der Waals surface area contributed by atoms with E-state index in [1.165, 1.54) is 0 Å². The summed E-state index contributed by atoms with van der Waals surface area (Å²) in [4.78, 5) is 11.7. The van der Waals surface area contributed by atoms with Gasteiger partial charge in [-0.3, -0.25) is 9.48 Å². The maximum Gasteiger partial charge on any atom is 0.224 e. The molecule has 0 spiro atoms. The summed E-state index contributed by atoms with van der Waals surface area (Å²) in [5, 5.41) is 6.81. The molecule has 0 bridgehead atoms. The number of nitrogens with zero attached hydrogens (tertiary/aromatic N) is 2. The van der Waals surface area contributed by atoms with E-state index in [0.29, 0.717) is 12.8 Å². The van der Waals surface area contributed by atoms with Crippen LogP contribution in [0.15, 0.2) is 41.1 Å². The van der Waals surface area contributed by atoms with Crippen LogP contribution in [0.1, 0.15) is 12.0 Å². The van der Waals surface area contributed by atoms with E-state index in [0.717, 1.165) is 15.7 Å². The van der Waals surface area contributed by atoms with Crippen molar-refractivity contribution in [3.05, 3.63) is 46.7 Å². The van der Waals surface area contributed by atoms with Crippen LogP contribution in [0.4, 0.5) is 5.69 Å². The monoisotopic (exact) mass is 307 g/mol. The zero-order valence-electron chi connectivity index (χ0n) is 10.1. The fourth-order valence-electron chi connectivity index (χ4n) is 1.66. The summed E-state index contributed by atoms with van der Waals surface area (Å²) < 4.78 is 2.70. The standard InChI is InChI=1S/C13H14BrN3O/c1-17-9-11(8-15-17)16-13(18)7-6-10-4-2-3-5-12(10)14/h2-5,8-9H,6-7H2,1H3,(H,16,18). The highest BCUT2D eigenvalue weighted by Crippen LogP contribution is 2.17. The number of hydrogen-bond donors (Lipinski definition) is 1. The van der Waals surface area contributed by atoms with Gasteiger partial charge in [0.05, 0.1) is 11.9 Å². The minimum atomic E-state index is -0.00115. The Morgan fingerprint density at radius 1 is 1.44 bits per heavy atom. The first-order valence-corrected chi connectivity index (χ1v) is 6.46. The van der Waals surface area contributed by atoms with E-state index in [1.54, 1.807) is 17.1 Å². The second-order valence-corrected chi connectivity index (χ2v) is 4.90. The highest BCUT2D eigenvalue weighted by Gasteiger charge is 2.06. The van der Waals surface area contributed by atoms with E-state index in [4.69, 9.17) is 0 Å². The molecule has 1 aromatic heterocycles. The number of hydrogen-bond acceptors (Lipinski definition) is 2. The van der Waals surface area contributed by atoms with Gasteiger partial charge in [0.15, 0.2) is 0 Å². The van der Waals surface area contributed by atoms with Gasteiger partial charge in [0.25, 0.3) is 0 Å². The van der Waals surface area contributed by atoms with Gasteiger partial charge in [-0.1, -0.05) is 34.1 Å². The molecule has 94 valence electrons. The van der Waals surface area contributed by atoms with Gasteiger partial charge in [-0.25, -0.2) is 0 Å². The molecule has 0 aliphatic heterocycles. The molecule has 0 unspecified atom stereocenters. The van der Waals surface area contributed by atoms with Crippen LogP contribution in [0.25, 0.3) is 0 Å². The minimum Gasteiger partial charge on any atom is -0.323 e. The fraction of sp³-hybridized carbons (Fsp3) is 0.231. The van der Waals surface area contributed by atoms with Crippen molar-refractivity contribution in [1.29, 1.82) is 0 Å². The molecule has 0 aliphatic carbocycles. The Morgan fingerprint density at radius 2 is 2.22 bits per heavy atom. The highest BCUT2D eigenvalue weighted by atomic mass is 79.9. The van der Waals surface area contributed by atoms with Gasteiger partial charge in [-0.05, 0) is 18.1 Å². The van der Waals surface area contributed by atoms with Crippen LogP contribution in [0, 0.1) is 0 Å². The van der Waals surface area contributed by atoms with Crippen LogP contribution in [0.3, 0.4) is 0 Å². The number of aromatic nitrogens is 2. The van der Waals surface area contributed by atoms with Crippen molar-refractivity contribution >= 4 is 27.5 Å². The number of amides is 1. The molecule has 0 fully saturated rings. The quantitative estimate of drug-likeness (QED) is 0.944. The summed E-state index contributed by atoms with van der Waals surface area (Å²) in [6.45, 7) is 0. The first kappa shape index (κ1) is 12.8. The number of carbonyl (C=O) groups is 1. The molecule has 4 nitrogen and oxygen atoms in total. The number of carbonyl (C=O) groups excluding carboxylic acids is 1. The lowest BCUT2D eigenvalue weighted by Crippen LogP contribution is -2.11. The van der Waals surface area contributed by atoms with Crippen LogP contribution in [0.2, 0.25) is 0 Å². The third-order valence-corrected chi connectivity index (χ3v) is 3.34. The number of rotatable bonds is 4. The minimum absolute atomic E-state index is 0.00115. The Labute approximate surface area is 114 Å². The molecule has 18 heavy (non-hydrogen) atoms. The second-order valence-electron chi connectivity index (χ2n) is 4.04. The van der Waals surface area contributed by atoms with Crippen molar-refractivity contribution in [1.82, 2.24) is 9.78 Å². The lowest BCUT2D eigenvalue weighted by molar-refractivity contribution is -0.116. The molecular weight excluding hydrogens is 294 g/mol. The van der Waals surface area contributed by atoms with Crippen LogP contribution in [-0.2, 0) is 18.3 Å². The molecule has 1 amide bonds. The normalized spacial score (nSPS) is 10.3. The SMILES string of the molecule is Cn1cc(NC(=O)CCc2ccccc2Br)cn1. The largest absolute Gasteiger partial charge is 0.323 e. The average molecular weight is 308 g/mol. The van der Waals surface area contributed by atoms with E-state index in [-0.39, 0.29) is 5.91 Å². The Morgan fingerprint density at radius 3 is 2.89 bits per heavy atom. The maximum absolute atomic E-state index is 11.7. The zero-order valence-corrected chi connectivity index (χ0v) is 11.6. The molecule has 1 aromatic carbocycles. The molecule has 2 aromatic rings. The topological polar surface area (TPSA) is 46.9 Å². The zero-order chi connectivity index (χ0) is 13.0. The third-order valence-electron chi connectivity index (χ3n) is 2.57. The number of benzene rings is 1. The summed E-state index contributed by atoms with van der Waals surface area (Å²) >= 11 is 3.47. The van der Waals surface area contributed by atoms with Gasteiger partial charge < -0.3 is 5.32 Å². The molecule has 0 atom stereocenters. The summed E-state index contributed by atoms with van der Waals surface area (Å²) in [6, 6.07) is 7.93. The van der Waals surface area contributed by atoms with Crippen LogP contribution < -0.4 is 5.32 Å². The molecule has 0 radical (unpaired) electrons. The number of aryl methyl sites for hydroxylation is 2. The molecule has 1 N–H and O–H groups in total. The second kappa shape index (κ2) is 5.82. The van der Waals surface area contributed by atoms with E-state index in [9.17, 15) is 4.79 Å². The molecular formula is C13H14BrN3O. The van der Waals surface area contributed by atoms with Crippen LogP contribution >= 0.6 is 15.9 Å². The van der Waals surface area contributed by atoms with Crippen molar-refractivity contribution in [3.63, 3.8) is 0 Å². The van der Waals surface area contributed by atoms with Crippen molar-refractivity contribution in [3.8, 4) is 0 Å². The lowest BCUT2D eigenvalue weighted by atomic mass is 10.1. The van der Waals surface area contributed by atoms with Gasteiger partial charge >= 0.3 is 0 Å². The van der Waals surface area contributed by atoms with Gasteiger partial charge in [0.1, 0.15) is 0 Å². The highest BCUT2D eigenvalue weighted by molar-refractivity contribution is 9.10. The van der Waals surface area contributed by atoms with Crippen LogP contribution in [0.5, 0.6) is 0 Å². The van der Waals surface area contributed by atoms with E-state index >= 15 is 0 Å². The maximum atomic E-state index is 11.7. The molecule has 1 heterocycles. The van der Waals surface area contributed by atoms with Gasteiger partial charge in [-0.15, -0.1) is 0 Å². The van der Waals surface area contributed by atoms with Crippen molar-refractivity contribution in [2.24, 2.45) is 7.05 Å². The summed E-state index contributed by atoms with van der Waals surface area (Å²) in [5.74, 6) is -0.00115. The number of halogens is 1. The first-order chi connectivity index (χ1) is 8.65. The number of anilines is 1. The molecule has 5 heteroatoms. The van der Waals surface area contributed by atoms with Crippen molar-refractivity contribution < 1.29 is 4.79 Å². The predicted octanol–water partition coefficient (Wildman–Crippen LogP) is 2.75. The molecule has 0 saturated heterocycles. The number of nitrogens with one attached hydrogen (secondary N) is 1. The van der Waals surface area contributed by atoms with E-state index in [2.05, 4.69) is 26.3 Å². The summed E-state index contributed by atoms with van der Waals surface area (Å²) in [5.41, 5.74) is 1.87. The third kappa shape index (κ3) is 3.43. The molecule has 0 saturated carbocycles. The summed E-state index contributed by atoms with van der Waals surface area (Å²) in [7, 11) is 1.82. The summed E-state index contributed by atoms with van der Waals surface area (Å²) in [6.07, 6.45) is 4.58. The van der Waals surface area contributed by atoms with Gasteiger partial charge in [0, 0.05) is 24.1 Å². The van der Waals surface area contributed by atoms with Crippen LogP contribution in [-0.4, -0.2) is 15.7 Å². The Balaban J connectivity index is 1.87. The van der Waals surface area contributed by atoms with Gasteiger partial charge in [0.2, 0.25) is 5.91 Å². The van der Waals surface area contributed by atoms with Gasteiger partial charge in [-0.2, -0.15) is 5.10 Å². The average Bonchev–Trinajstić information content (AvgIpc) is 2.74.